The smallest absolute Gasteiger partial charge is 0.116 e. The number of nitrogens with one attached hydrogen (secondary N) is 1. The van der Waals surface area contributed by atoms with E-state index >= 15 is 0 Å². The third-order valence-corrected chi connectivity index (χ3v) is 1.71. The second-order valence-electron chi connectivity index (χ2n) is 2.49. The van der Waals surface area contributed by atoms with E-state index in [-0.39, 0.29) is 0 Å². The van der Waals surface area contributed by atoms with Crippen LogP contribution in [0.15, 0.2) is 6.33 Å². The van der Waals surface area contributed by atoms with Crippen molar-refractivity contribution in [2.24, 2.45) is 0 Å². The first-order chi connectivity index (χ1) is 5.29. The van der Waals surface area contributed by atoms with Crippen LogP contribution in [-0.2, 0) is 0 Å². The molecule has 2 heterocycles. The van der Waals surface area contributed by atoms with Gasteiger partial charge in [0.05, 0.1) is 11.4 Å². The molecule has 0 radical (unpaired) electrons. The number of hydrogen-bond acceptors (Lipinski definition) is 3. The fourth-order valence-electron chi connectivity index (χ4n) is 1.07. The fraction of sp³-hybridized carbons (Fsp3) is 0.286. The van der Waals surface area contributed by atoms with Crippen LogP contribution in [0.2, 0.25) is 0 Å². The van der Waals surface area contributed by atoms with Gasteiger partial charge in [0.2, 0.25) is 0 Å². The summed E-state index contributed by atoms with van der Waals surface area (Å²) in [6.45, 7) is 3.85. The maximum atomic E-state index is 4.10. The van der Waals surface area contributed by atoms with E-state index in [1.54, 1.807) is 6.33 Å². The van der Waals surface area contributed by atoms with Crippen LogP contribution in [0.4, 0.5) is 0 Å². The van der Waals surface area contributed by atoms with E-state index in [2.05, 4.69) is 20.2 Å². The van der Waals surface area contributed by atoms with E-state index in [0.29, 0.717) is 0 Å². The van der Waals surface area contributed by atoms with Gasteiger partial charge in [-0.25, -0.2) is 9.97 Å². The van der Waals surface area contributed by atoms with Crippen LogP contribution < -0.4 is 0 Å². The largest absolute Gasteiger partial charge is 0.274 e. The molecule has 1 N–H and O–H groups in total. The first kappa shape index (κ1) is 6.27. The van der Waals surface area contributed by atoms with Crippen LogP contribution in [0.5, 0.6) is 0 Å². The van der Waals surface area contributed by atoms with Gasteiger partial charge in [-0.15, -0.1) is 0 Å². The Balaban J connectivity index is 2.94. The van der Waals surface area contributed by atoms with Crippen molar-refractivity contribution in [3.05, 3.63) is 17.7 Å². The number of hydrogen-bond donors (Lipinski definition) is 1. The Morgan fingerprint density at radius 2 is 2.00 bits per heavy atom. The molecule has 4 heteroatoms. The average Bonchev–Trinajstić information content (AvgIpc) is 2.35. The minimum atomic E-state index is 0.914. The number of aromatic nitrogens is 4. The second-order valence-corrected chi connectivity index (χ2v) is 2.49. The van der Waals surface area contributed by atoms with Gasteiger partial charge in [0.25, 0.3) is 0 Å². The Kier molecular flexibility index (Phi) is 1.15. The molecule has 2 rings (SSSR count). The summed E-state index contributed by atoms with van der Waals surface area (Å²) >= 11 is 0. The number of nitrogens with zero attached hydrogens (tertiary/aromatic N) is 3. The van der Waals surface area contributed by atoms with E-state index in [9.17, 15) is 0 Å². The SMILES string of the molecule is Cc1n[nH]c2c(C)ncnc12. The van der Waals surface area contributed by atoms with Gasteiger partial charge in [0.15, 0.2) is 0 Å². The Morgan fingerprint density at radius 1 is 1.18 bits per heavy atom. The van der Waals surface area contributed by atoms with Gasteiger partial charge in [0.1, 0.15) is 17.4 Å². The standard InChI is InChI=1S/C7H8N4/c1-4-7-6(9-3-8-4)5(2)10-11-7/h3H,1-2H3,(H,10,11). The highest BCUT2D eigenvalue weighted by molar-refractivity contribution is 5.77. The molecule has 2 aromatic rings. The summed E-state index contributed by atoms with van der Waals surface area (Å²) in [6, 6.07) is 0. The zero-order valence-corrected chi connectivity index (χ0v) is 6.42. The van der Waals surface area contributed by atoms with Crippen LogP contribution in [-0.4, -0.2) is 20.2 Å². The lowest BCUT2D eigenvalue weighted by Gasteiger charge is -1.90. The van der Waals surface area contributed by atoms with Crippen molar-refractivity contribution in [1.29, 1.82) is 0 Å². The van der Waals surface area contributed by atoms with Crippen molar-refractivity contribution in [2.45, 2.75) is 13.8 Å². The lowest BCUT2D eigenvalue weighted by Crippen LogP contribution is -1.84. The normalized spacial score (nSPS) is 10.7. The zero-order chi connectivity index (χ0) is 7.84. The highest BCUT2D eigenvalue weighted by Crippen LogP contribution is 2.12. The van der Waals surface area contributed by atoms with Crippen molar-refractivity contribution in [3.8, 4) is 0 Å². The van der Waals surface area contributed by atoms with E-state index in [4.69, 9.17) is 0 Å². The van der Waals surface area contributed by atoms with Gasteiger partial charge in [-0.05, 0) is 13.8 Å². The van der Waals surface area contributed by atoms with Gasteiger partial charge < -0.3 is 0 Å². The summed E-state index contributed by atoms with van der Waals surface area (Å²) in [7, 11) is 0. The van der Waals surface area contributed by atoms with Crippen molar-refractivity contribution in [3.63, 3.8) is 0 Å². The molecule has 0 fully saturated rings. The Hall–Kier alpha value is -1.45. The molecule has 0 spiro atoms. The fourth-order valence-corrected chi connectivity index (χ4v) is 1.07. The number of aromatic amines is 1. The van der Waals surface area contributed by atoms with Gasteiger partial charge >= 0.3 is 0 Å². The Labute approximate surface area is 63.7 Å². The summed E-state index contributed by atoms with van der Waals surface area (Å²) < 4.78 is 0. The minimum Gasteiger partial charge on any atom is -0.274 e. The van der Waals surface area contributed by atoms with Crippen LogP contribution in [0.1, 0.15) is 11.4 Å². The number of H-pyrrole nitrogens is 1. The van der Waals surface area contributed by atoms with E-state index in [1.165, 1.54) is 0 Å². The van der Waals surface area contributed by atoms with Gasteiger partial charge in [0, 0.05) is 0 Å². The van der Waals surface area contributed by atoms with Crippen LogP contribution in [0.25, 0.3) is 11.0 Å². The Bertz CT molecular complexity index is 390. The lowest BCUT2D eigenvalue weighted by atomic mass is 10.3. The highest BCUT2D eigenvalue weighted by atomic mass is 15.1. The topological polar surface area (TPSA) is 54.5 Å². The maximum Gasteiger partial charge on any atom is 0.116 e. The quantitative estimate of drug-likeness (QED) is 0.605. The third kappa shape index (κ3) is 0.790. The van der Waals surface area contributed by atoms with Gasteiger partial charge in [-0.2, -0.15) is 5.10 Å². The molecule has 0 aliphatic rings. The van der Waals surface area contributed by atoms with E-state index in [0.717, 1.165) is 22.4 Å². The van der Waals surface area contributed by atoms with Crippen molar-refractivity contribution < 1.29 is 0 Å². The maximum absolute atomic E-state index is 4.10. The molecule has 0 aliphatic carbocycles. The summed E-state index contributed by atoms with van der Waals surface area (Å²) in [4.78, 5) is 8.14. The van der Waals surface area contributed by atoms with Gasteiger partial charge in [-0.3, -0.25) is 5.10 Å². The molecule has 56 valence electrons. The monoisotopic (exact) mass is 148 g/mol. The van der Waals surface area contributed by atoms with Crippen LogP contribution >= 0.6 is 0 Å². The Morgan fingerprint density at radius 3 is 2.73 bits per heavy atom. The second kappa shape index (κ2) is 2.02. The van der Waals surface area contributed by atoms with Crippen LogP contribution in [0, 0.1) is 13.8 Å². The lowest BCUT2D eigenvalue weighted by molar-refractivity contribution is 1.06. The van der Waals surface area contributed by atoms with E-state index < -0.39 is 0 Å². The molecule has 0 aromatic carbocycles. The molecule has 0 bridgehead atoms. The average molecular weight is 148 g/mol. The molecular formula is C7H8N4. The van der Waals surface area contributed by atoms with Crippen molar-refractivity contribution in [2.75, 3.05) is 0 Å². The summed E-state index contributed by atoms with van der Waals surface area (Å²) in [6.07, 6.45) is 1.56. The molecule has 0 amide bonds. The zero-order valence-electron chi connectivity index (χ0n) is 6.42. The first-order valence-corrected chi connectivity index (χ1v) is 3.41. The molecule has 0 saturated heterocycles. The predicted molar refractivity (Wildman–Crippen MR) is 41.2 cm³/mol. The van der Waals surface area contributed by atoms with Crippen molar-refractivity contribution in [1.82, 2.24) is 20.2 Å². The van der Waals surface area contributed by atoms with E-state index in [1.807, 2.05) is 13.8 Å². The summed E-state index contributed by atoms with van der Waals surface area (Å²) in [5.74, 6) is 0. The molecule has 0 unspecified atom stereocenters. The molecule has 0 saturated carbocycles. The third-order valence-electron chi connectivity index (χ3n) is 1.71. The highest BCUT2D eigenvalue weighted by Gasteiger charge is 2.03. The molecule has 0 aliphatic heterocycles. The van der Waals surface area contributed by atoms with Crippen molar-refractivity contribution >= 4 is 11.0 Å². The van der Waals surface area contributed by atoms with Crippen LogP contribution in [0.3, 0.4) is 0 Å². The summed E-state index contributed by atoms with van der Waals surface area (Å²) in [5, 5.41) is 6.91. The van der Waals surface area contributed by atoms with Gasteiger partial charge in [-0.1, -0.05) is 0 Å². The minimum absolute atomic E-state index is 0.914. The number of fused-ring (bicyclic) bond motifs is 1. The molecule has 0 atom stereocenters. The number of aryl methyl sites for hydroxylation is 2. The molecular weight excluding hydrogens is 140 g/mol. The first-order valence-electron chi connectivity index (χ1n) is 3.41. The molecule has 4 nitrogen and oxygen atoms in total. The summed E-state index contributed by atoms with van der Waals surface area (Å²) in [5.41, 5.74) is 3.71. The number of rotatable bonds is 0. The molecule has 2 aromatic heterocycles. The predicted octanol–water partition coefficient (Wildman–Crippen LogP) is 0.970. The molecule has 11 heavy (non-hydrogen) atoms.